The Kier molecular flexibility index (Phi) is 3.65. The first-order chi connectivity index (χ1) is 8.56. The molecule has 0 spiro atoms. The van der Waals surface area contributed by atoms with Crippen molar-refractivity contribution >= 4 is 17.6 Å². The van der Waals surface area contributed by atoms with Gasteiger partial charge >= 0.3 is 5.97 Å². The van der Waals surface area contributed by atoms with Crippen molar-refractivity contribution in [3.05, 3.63) is 24.3 Å². The van der Waals surface area contributed by atoms with Crippen molar-refractivity contribution in [2.24, 2.45) is 11.8 Å². The number of benzene rings is 1. The summed E-state index contributed by atoms with van der Waals surface area (Å²) in [5, 5.41) is 2.77. The van der Waals surface area contributed by atoms with E-state index in [1.54, 1.807) is 24.3 Å². The van der Waals surface area contributed by atoms with Crippen molar-refractivity contribution < 1.29 is 14.3 Å². The van der Waals surface area contributed by atoms with Gasteiger partial charge in [0.15, 0.2) is 0 Å². The molecule has 1 aromatic rings. The zero-order valence-electron chi connectivity index (χ0n) is 10.6. The van der Waals surface area contributed by atoms with E-state index in [2.05, 4.69) is 5.32 Å². The molecule has 0 unspecified atom stereocenters. The first-order valence-corrected chi connectivity index (χ1v) is 6.19. The maximum atomic E-state index is 11.5. The molecule has 0 aromatic heterocycles. The third-order valence-corrected chi connectivity index (χ3v) is 2.76. The molecular weight excluding hydrogens is 230 g/mol. The van der Waals surface area contributed by atoms with Crippen LogP contribution in [0.25, 0.3) is 0 Å². The van der Waals surface area contributed by atoms with Crippen molar-refractivity contribution in [3.63, 3.8) is 0 Å². The van der Waals surface area contributed by atoms with Crippen LogP contribution < -0.4 is 10.1 Å². The van der Waals surface area contributed by atoms with Gasteiger partial charge in [0.2, 0.25) is 5.91 Å². The second-order valence-electron chi connectivity index (χ2n) is 4.87. The van der Waals surface area contributed by atoms with E-state index in [0.717, 1.165) is 12.8 Å². The summed E-state index contributed by atoms with van der Waals surface area (Å²) in [5.41, 5.74) is 0.648. The van der Waals surface area contributed by atoms with Crippen molar-refractivity contribution in [1.82, 2.24) is 0 Å². The summed E-state index contributed by atoms with van der Waals surface area (Å²) in [6.45, 7) is 3.65. The molecule has 0 aliphatic heterocycles. The maximum absolute atomic E-state index is 11.5. The van der Waals surface area contributed by atoms with Crippen LogP contribution in [-0.2, 0) is 9.59 Å². The van der Waals surface area contributed by atoms with Crippen LogP contribution in [0.15, 0.2) is 24.3 Å². The molecule has 0 heterocycles. The molecule has 18 heavy (non-hydrogen) atoms. The molecule has 0 bridgehead atoms. The lowest BCUT2D eigenvalue weighted by Crippen LogP contribution is -2.17. The molecule has 1 fully saturated rings. The third kappa shape index (κ3) is 3.32. The maximum Gasteiger partial charge on any atom is 0.314 e. The Morgan fingerprint density at radius 1 is 1.33 bits per heavy atom. The molecule has 4 nitrogen and oxygen atoms in total. The average Bonchev–Trinajstić information content (AvgIpc) is 3.12. The molecular formula is C14H17NO3. The normalized spacial score (nSPS) is 14.4. The van der Waals surface area contributed by atoms with Crippen LogP contribution in [0.3, 0.4) is 0 Å². The van der Waals surface area contributed by atoms with Crippen LogP contribution >= 0.6 is 0 Å². The van der Waals surface area contributed by atoms with Gasteiger partial charge in [-0.1, -0.05) is 19.9 Å². The van der Waals surface area contributed by atoms with Crippen LogP contribution in [0, 0.1) is 11.8 Å². The first-order valence-electron chi connectivity index (χ1n) is 6.19. The third-order valence-electron chi connectivity index (χ3n) is 2.76. The number of nitrogens with one attached hydrogen (secondary N) is 1. The van der Waals surface area contributed by atoms with Crippen molar-refractivity contribution in [1.29, 1.82) is 0 Å². The highest BCUT2D eigenvalue weighted by atomic mass is 16.5. The van der Waals surface area contributed by atoms with Crippen LogP contribution in [0.4, 0.5) is 5.69 Å². The molecule has 0 radical (unpaired) electrons. The fourth-order valence-electron chi connectivity index (χ4n) is 1.44. The summed E-state index contributed by atoms with van der Waals surface area (Å²) in [5.74, 6) is 0.234. The lowest BCUT2D eigenvalue weighted by atomic mass is 10.2. The standard InChI is InChI=1S/C14H17NO3/c1-9(2)13(16)15-11-4-3-5-12(8-11)18-14(17)10-6-7-10/h3-5,8-10H,6-7H2,1-2H3,(H,15,16). The minimum Gasteiger partial charge on any atom is -0.426 e. The minimum absolute atomic E-state index is 0.0549. The van der Waals surface area contributed by atoms with E-state index in [0.29, 0.717) is 11.4 Å². The number of ether oxygens (including phenoxy) is 1. The van der Waals surface area contributed by atoms with Gasteiger partial charge < -0.3 is 10.1 Å². The number of hydrogen-bond donors (Lipinski definition) is 1. The minimum atomic E-state index is -0.178. The van der Waals surface area contributed by atoms with E-state index in [1.807, 2.05) is 13.8 Å². The highest BCUT2D eigenvalue weighted by Gasteiger charge is 2.31. The largest absolute Gasteiger partial charge is 0.426 e. The zero-order valence-corrected chi connectivity index (χ0v) is 10.6. The summed E-state index contributed by atoms with van der Waals surface area (Å²) in [4.78, 5) is 23.1. The SMILES string of the molecule is CC(C)C(=O)Nc1cccc(OC(=O)C2CC2)c1. The van der Waals surface area contributed by atoms with Crippen molar-refractivity contribution in [3.8, 4) is 5.75 Å². The van der Waals surface area contributed by atoms with Gasteiger partial charge in [0.1, 0.15) is 5.75 Å². The number of carbonyl (C=O) groups is 2. The molecule has 0 atom stereocenters. The molecule has 1 aliphatic carbocycles. The number of hydrogen-bond acceptors (Lipinski definition) is 3. The number of amides is 1. The molecule has 1 aliphatic rings. The molecule has 4 heteroatoms. The number of carbonyl (C=O) groups excluding carboxylic acids is 2. The number of esters is 1. The Bertz CT molecular complexity index is 433. The zero-order chi connectivity index (χ0) is 13.1. The first kappa shape index (κ1) is 12.6. The predicted octanol–water partition coefficient (Wildman–Crippen LogP) is 2.60. The van der Waals surface area contributed by atoms with Gasteiger partial charge in [-0.05, 0) is 25.0 Å². The average molecular weight is 247 g/mol. The second-order valence-corrected chi connectivity index (χ2v) is 4.87. The summed E-state index contributed by atoms with van der Waals surface area (Å²) >= 11 is 0. The summed E-state index contributed by atoms with van der Waals surface area (Å²) in [7, 11) is 0. The molecule has 1 aromatic carbocycles. The predicted molar refractivity (Wildman–Crippen MR) is 68.3 cm³/mol. The van der Waals surface area contributed by atoms with E-state index < -0.39 is 0 Å². The van der Waals surface area contributed by atoms with Crippen molar-refractivity contribution in [2.45, 2.75) is 26.7 Å². The quantitative estimate of drug-likeness (QED) is 0.657. The number of rotatable bonds is 4. The Hall–Kier alpha value is -1.84. The van der Waals surface area contributed by atoms with Gasteiger partial charge in [0.05, 0.1) is 5.92 Å². The molecule has 1 saturated carbocycles. The highest BCUT2D eigenvalue weighted by Crippen LogP contribution is 2.31. The van der Waals surface area contributed by atoms with Crippen LogP contribution in [-0.4, -0.2) is 11.9 Å². The van der Waals surface area contributed by atoms with Gasteiger partial charge in [0.25, 0.3) is 0 Å². The topological polar surface area (TPSA) is 55.4 Å². The fourth-order valence-corrected chi connectivity index (χ4v) is 1.44. The molecule has 0 saturated heterocycles. The van der Waals surface area contributed by atoms with Gasteiger partial charge in [-0.2, -0.15) is 0 Å². The highest BCUT2D eigenvalue weighted by molar-refractivity contribution is 5.92. The Morgan fingerprint density at radius 3 is 2.67 bits per heavy atom. The van der Waals surface area contributed by atoms with Gasteiger partial charge in [0, 0.05) is 17.7 Å². The lowest BCUT2D eigenvalue weighted by molar-refractivity contribution is -0.135. The van der Waals surface area contributed by atoms with Crippen LogP contribution in [0.1, 0.15) is 26.7 Å². The number of anilines is 1. The van der Waals surface area contributed by atoms with Gasteiger partial charge in [-0.15, -0.1) is 0 Å². The monoisotopic (exact) mass is 247 g/mol. The van der Waals surface area contributed by atoms with Gasteiger partial charge in [-0.25, -0.2) is 0 Å². The Labute approximate surface area is 106 Å². The van der Waals surface area contributed by atoms with E-state index in [9.17, 15) is 9.59 Å². The molecule has 96 valence electrons. The van der Waals surface area contributed by atoms with E-state index in [1.165, 1.54) is 0 Å². The van der Waals surface area contributed by atoms with Crippen LogP contribution in [0.2, 0.25) is 0 Å². The molecule has 1 amide bonds. The van der Waals surface area contributed by atoms with E-state index in [4.69, 9.17) is 4.74 Å². The summed E-state index contributed by atoms with van der Waals surface area (Å²) in [6.07, 6.45) is 1.84. The summed E-state index contributed by atoms with van der Waals surface area (Å²) < 4.78 is 5.23. The fraction of sp³-hybridized carbons (Fsp3) is 0.429. The van der Waals surface area contributed by atoms with E-state index in [-0.39, 0.29) is 23.7 Å². The Balaban J connectivity index is 2.00. The van der Waals surface area contributed by atoms with E-state index >= 15 is 0 Å². The van der Waals surface area contributed by atoms with Crippen molar-refractivity contribution in [2.75, 3.05) is 5.32 Å². The second kappa shape index (κ2) is 5.21. The molecule has 2 rings (SSSR count). The lowest BCUT2D eigenvalue weighted by Gasteiger charge is -2.09. The Morgan fingerprint density at radius 2 is 2.06 bits per heavy atom. The van der Waals surface area contributed by atoms with Crippen LogP contribution in [0.5, 0.6) is 5.75 Å². The molecule has 1 N–H and O–H groups in total. The smallest absolute Gasteiger partial charge is 0.314 e. The summed E-state index contributed by atoms with van der Waals surface area (Å²) in [6, 6.07) is 6.91. The van der Waals surface area contributed by atoms with Gasteiger partial charge in [-0.3, -0.25) is 9.59 Å².